The molecule has 2 heterocycles. The molecule has 7 nitrogen and oxygen atoms in total. The van der Waals surface area contributed by atoms with E-state index in [4.69, 9.17) is 4.52 Å². The second-order valence-corrected chi connectivity index (χ2v) is 10.9. The van der Waals surface area contributed by atoms with Crippen molar-refractivity contribution >= 4 is 53.0 Å². The van der Waals surface area contributed by atoms with Crippen LogP contribution in [-0.2, 0) is 19.9 Å². The van der Waals surface area contributed by atoms with Crippen LogP contribution >= 0.6 is 27.3 Å². The molecule has 11 heteroatoms. The molecule has 3 rings (SSSR count). The Bertz CT molecular complexity index is 1120. The van der Waals surface area contributed by atoms with Gasteiger partial charge in [0.1, 0.15) is 12.9 Å². The number of sulfone groups is 1. The average Bonchev–Trinajstić information content (AvgIpc) is 3.20. The number of nitrogens with one attached hydrogen (secondary N) is 1. The van der Waals surface area contributed by atoms with Crippen LogP contribution in [0.15, 0.2) is 64.8 Å². The fraction of sp³-hybridized carbons (Fsp3) is 0.0714. The molecule has 0 spiro atoms. The van der Waals surface area contributed by atoms with Gasteiger partial charge in [0.2, 0.25) is 9.84 Å². The zero-order chi connectivity index (χ0) is 18.2. The summed E-state index contributed by atoms with van der Waals surface area (Å²) < 4.78 is 57.3. The number of hydrogen-bond acceptors (Lipinski definition) is 7. The summed E-state index contributed by atoms with van der Waals surface area (Å²) in [6.45, 7) is 1.64. The zero-order valence-corrected chi connectivity index (χ0v) is 16.7. The Balaban J connectivity index is 1.94. The van der Waals surface area contributed by atoms with Crippen molar-refractivity contribution in [3.63, 3.8) is 0 Å². The van der Waals surface area contributed by atoms with Gasteiger partial charge in [-0.05, 0) is 47.1 Å². The lowest BCUT2D eigenvalue weighted by Crippen LogP contribution is -2.11. The van der Waals surface area contributed by atoms with Crippen molar-refractivity contribution in [3.05, 3.63) is 52.6 Å². The molecule has 3 aromatic rings. The van der Waals surface area contributed by atoms with Crippen LogP contribution in [0, 0.1) is 6.92 Å². The maximum atomic E-state index is 12.5. The van der Waals surface area contributed by atoms with Crippen LogP contribution in [0.2, 0.25) is 0 Å². The molecule has 0 unspecified atom stereocenters. The summed E-state index contributed by atoms with van der Waals surface area (Å²) in [5.74, 6) is -0.0710. The summed E-state index contributed by atoms with van der Waals surface area (Å²) in [4.78, 5) is 0.0994. The van der Waals surface area contributed by atoms with Crippen molar-refractivity contribution in [1.29, 1.82) is 0 Å². The first-order valence-electron chi connectivity index (χ1n) is 6.76. The van der Waals surface area contributed by atoms with Gasteiger partial charge in [-0.25, -0.2) is 21.6 Å². The Kier molecular flexibility index (Phi) is 4.75. The van der Waals surface area contributed by atoms with Crippen molar-refractivity contribution in [2.24, 2.45) is 0 Å². The van der Waals surface area contributed by atoms with Crippen molar-refractivity contribution in [2.75, 3.05) is 4.72 Å². The van der Waals surface area contributed by atoms with Gasteiger partial charge in [0, 0.05) is 0 Å². The second-order valence-electron chi connectivity index (χ2n) is 4.91. The Labute approximate surface area is 156 Å². The lowest BCUT2D eigenvalue weighted by Gasteiger charge is -2.03. The SMILES string of the molecule is Cc1noc(NS(=O)(=O)c2ccc(S(=O)(=O)c3ccccc3)s2)c1Br. The van der Waals surface area contributed by atoms with Crippen LogP contribution < -0.4 is 4.72 Å². The van der Waals surface area contributed by atoms with E-state index in [1.165, 1.54) is 24.3 Å². The summed E-state index contributed by atoms with van der Waals surface area (Å²) in [5.41, 5.74) is 0.483. The minimum absolute atomic E-state index is 0.0631. The number of halogens is 1. The lowest BCUT2D eigenvalue weighted by molar-refractivity contribution is 0.430. The van der Waals surface area contributed by atoms with E-state index in [2.05, 4.69) is 25.8 Å². The van der Waals surface area contributed by atoms with Gasteiger partial charge in [-0.15, -0.1) is 11.3 Å². The van der Waals surface area contributed by atoms with Crippen molar-refractivity contribution in [1.82, 2.24) is 5.16 Å². The number of nitrogens with zero attached hydrogens (tertiary/aromatic N) is 1. The second kappa shape index (κ2) is 6.56. The van der Waals surface area contributed by atoms with E-state index < -0.39 is 19.9 Å². The average molecular weight is 463 g/mol. The Morgan fingerprint density at radius 2 is 1.68 bits per heavy atom. The smallest absolute Gasteiger partial charge is 0.273 e. The van der Waals surface area contributed by atoms with Crippen LogP contribution in [-0.4, -0.2) is 22.0 Å². The number of hydrogen-bond donors (Lipinski definition) is 1. The molecule has 0 aliphatic rings. The molecule has 0 radical (unpaired) electrons. The minimum atomic E-state index is -4.00. The largest absolute Gasteiger partial charge is 0.336 e. The molecule has 0 aliphatic carbocycles. The Morgan fingerprint density at radius 1 is 1.04 bits per heavy atom. The van der Waals surface area contributed by atoms with E-state index in [-0.39, 0.29) is 19.2 Å². The minimum Gasteiger partial charge on any atom is -0.336 e. The highest BCUT2D eigenvalue weighted by molar-refractivity contribution is 9.10. The predicted octanol–water partition coefficient (Wildman–Crippen LogP) is 3.44. The molecule has 0 aliphatic heterocycles. The third kappa shape index (κ3) is 3.50. The third-order valence-corrected chi connectivity index (χ3v) is 9.26. The third-order valence-electron chi connectivity index (χ3n) is 3.16. The highest BCUT2D eigenvalue weighted by Crippen LogP contribution is 2.33. The number of benzene rings is 1. The van der Waals surface area contributed by atoms with Crippen LogP contribution in [0.1, 0.15) is 5.69 Å². The summed E-state index contributed by atoms with van der Waals surface area (Å²) in [6.07, 6.45) is 0. The monoisotopic (exact) mass is 462 g/mol. The van der Waals surface area contributed by atoms with Gasteiger partial charge in [-0.1, -0.05) is 23.4 Å². The molecule has 0 saturated carbocycles. The number of anilines is 1. The summed E-state index contributed by atoms with van der Waals surface area (Å²) in [6, 6.07) is 10.3. The first kappa shape index (κ1) is 18.1. The lowest BCUT2D eigenvalue weighted by atomic mass is 10.4. The van der Waals surface area contributed by atoms with E-state index in [0.717, 1.165) is 0 Å². The topological polar surface area (TPSA) is 106 Å². The first-order valence-corrected chi connectivity index (χ1v) is 11.3. The summed E-state index contributed by atoms with van der Waals surface area (Å²) >= 11 is 3.82. The molecule has 0 amide bonds. The maximum absolute atomic E-state index is 12.5. The quantitative estimate of drug-likeness (QED) is 0.622. The van der Waals surface area contributed by atoms with Gasteiger partial charge >= 0.3 is 0 Å². The fourth-order valence-electron chi connectivity index (χ4n) is 1.90. The number of thiophene rings is 1. The molecule has 0 saturated heterocycles. The molecule has 2 aromatic heterocycles. The summed E-state index contributed by atoms with van der Waals surface area (Å²) in [7, 11) is -7.78. The van der Waals surface area contributed by atoms with Gasteiger partial charge < -0.3 is 4.52 Å². The molecular weight excluding hydrogens is 452 g/mol. The van der Waals surface area contributed by atoms with Crippen molar-refractivity contribution in [2.45, 2.75) is 20.2 Å². The Morgan fingerprint density at radius 3 is 2.28 bits per heavy atom. The van der Waals surface area contributed by atoms with Crippen LogP contribution in [0.4, 0.5) is 5.88 Å². The number of aryl methyl sites for hydroxylation is 1. The highest BCUT2D eigenvalue weighted by atomic mass is 79.9. The molecule has 1 N–H and O–H groups in total. The molecular formula is C14H11BrN2O5S3. The summed E-state index contributed by atoms with van der Waals surface area (Å²) in [5, 5.41) is 3.64. The standard InChI is InChI=1S/C14H11BrN2O5S3/c1-9-13(15)14(22-16-9)17-25(20,21)12-8-7-11(23-12)24(18,19)10-5-3-2-4-6-10/h2-8,17H,1H3. The van der Waals surface area contributed by atoms with Crippen LogP contribution in [0.25, 0.3) is 0 Å². The van der Waals surface area contributed by atoms with Crippen molar-refractivity contribution < 1.29 is 21.4 Å². The van der Waals surface area contributed by atoms with Crippen molar-refractivity contribution in [3.8, 4) is 0 Å². The van der Waals surface area contributed by atoms with Crippen LogP contribution in [0.5, 0.6) is 0 Å². The predicted molar refractivity (Wildman–Crippen MR) is 96.0 cm³/mol. The Hall–Kier alpha value is -1.69. The maximum Gasteiger partial charge on any atom is 0.273 e. The van der Waals surface area contributed by atoms with Gasteiger partial charge in [-0.2, -0.15) is 0 Å². The number of aromatic nitrogens is 1. The van der Waals surface area contributed by atoms with E-state index in [9.17, 15) is 16.8 Å². The van der Waals surface area contributed by atoms with E-state index in [0.29, 0.717) is 21.5 Å². The van der Waals surface area contributed by atoms with E-state index in [1.807, 2.05) is 0 Å². The van der Waals surface area contributed by atoms with Gasteiger partial charge in [0.15, 0.2) is 0 Å². The normalized spacial score (nSPS) is 12.2. The number of rotatable bonds is 5. The fourth-order valence-corrected chi connectivity index (χ4v) is 6.46. The van der Waals surface area contributed by atoms with Crippen LogP contribution in [0.3, 0.4) is 0 Å². The first-order chi connectivity index (χ1) is 11.7. The molecule has 0 bridgehead atoms. The van der Waals surface area contributed by atoms with Gasteiger partial charge in [0.25, 0.3) is 15.9 Å². The molecule has 132 valence electrons. The van der Waals surface area contributed by atoms with Gasteiger partial charge in [0.05, 0.1) is 10.6 Å². The molecule has 25 heavy (non-hydrogen) atoms. The molecule has 0 fully saturated rings. The van der Waals surface area contributed by atoms with E-state index >= 15 is 0 Å². The highest BCUT2D eigenvalue weighted by Gasteiger charge is 2.26. The number of sulfonamides is 1. The molecule has 0 atom stereocenters. The van der Waals surface area contributed by atoms with Gasteiger partial charge in [-0.3, -0.25) is 0 Å². The van der Waals surface area contributed by atoms with E-state index in [1.54, 1.807) is 25.1 Å². The zero-order valence-electron chi connectivity index (χ0n) is 12.6. The molecule has 1 aromatic carbocycles.